The van der Waals surface area contributed by atoms with Crippen LogP contribution in [0.2, 0.25) is 10.0 Å². The Morgan fingerprint density at radius 2 is 2.12 bits per heavy atom. The van der Waals surface area contributed by atoms with Gasteiger partial charge < -0.3 is 10.4 Å². The first kappa shape index (κ1) is 13.8. The van der Waals surface area contributed by atoms with Gasteiger partial charge in [-0.1, -0.05) is 23.2 Å². The van der Waals surface area contributed by atoms with Gasteiger partial charge >= 0.3 is 0 Å². The molecule has 2 N–H and O–H groups in total. The number of phenolic OH excluding ortho intramolecular Hbond substituents is 1. The molecule has 0 amide bonds. The quantitative estimate of drug-likeness (QED) is 0.814. The largest absolute Gasteiger partial charge is 0.506 e. The van der Waals surface area contributed by atoms with Crippen molar-refractivity contribution in [3.05, 3.63) is 27.7 Å². The van der Waals surface area contributed by atoms with Gasteiger partial charge in [0.05, 0.1) is 5.02 Å². The van der Waals surface area contributed by atoms with Gasteiger partial charge in [0.1, 0.15) is 5.75 Å². The molecule has 0 aliphatic heterocycles. The first-order valence-electron chi connectivity index (χ1n) is 4.68. The van der Waals surface area contributed by atoms with Crippen LogP contribution < -0.4 is 5.32 Å². The lowest BCUT2D eigenvalue weighted by Crippen LogP contribution is -2.19. The van der Waals surface area contributed by atoms with Gasteiger partial charge in [-0.05, 0) is 12.1 Å². The van der Waals surface area contributed by atoms with Crippen molar-refractivity contribution in [3.63, 3.8) is 0 Å². The first-order chi connectivity index (χ1) is 7.50. The molecule has 1 atom stereocenters. The minimum atomic E-state index is -0.815. The van der Waals surface area contributed by atoms with Gasteiger partial charge in [0, 0.05) is 46.5 Å². The molecule has 0 fully saturated rings. The van der Waals surface area contributed by atoms with Crippen molar-refractivity contribution >= 4 is 34.0 Å². The number of benzene rings is 1. The smallest absolute Gasteiger partial charge is 0.138 e. The molecule has 1 aromatic carbocycles. The van der Waals surface area contributed by atoms with Gasteiger partial charge in [-0.15, -0.1) is 0 Å². The predicted molar refractivity (Wildman–Crippen MR) is 68.8 cm³/mol. The standard InChI is InChI=1S/C10H13Cl2NO2S/c1-16(15)3-2-13-6-7-4-8(11)5-9(12)10(7)14/h4-5,13-14H,2-3,6H2,1H3. The third kappa shape index (κ3) is 4.29. The molecule has 1 rings (SSSR count). The minimum absolute atomic E-state index is 0.0381. The lowest BCUT2D eigenvalue weighted by Gasteiger charge is -2.08. The van der Waals surface area contributed by atoms with Crippen LogP contribution in [0.5, 0.6) is 5.75 Å². The molecule has 0 aliphatic rings. The van der Waals surface area contributed by atoms with Gasteiger partial charge in [-0.25, -0.2) is 0 Å². The van der Waals surface area contributed by atoms with Gasteiger partial charge in [-0.3, -0.25) is 4.21 Å². The van der Waals surface area contributed by atoms with E-state index in [1.165, 1.54) is 6.07 Å². The average molecular weight is 282 g/mol. The second-order valence-corrected chi connectivity index (χ2v) is 5.75. The lowest BCUT2D eigenvalue weighted by molar-refractivity contribution is 0.465. The third-order valence-corrected chi connectivity index (χ3v) is 3.27. The number of hydrogen-bond donors (Lipinski definition) is 2. The Kier molecular flexibility index (Phi) is 5.55. The van der Waals surface area contributed by atoms with Crippen LogP contribution in [0.15, 0.2) is 12.1 Å². The van der Waals surface area contributed by atoms with Crippen molar-refractivity contribution in [3.8, 4) is 5.75 Å². The number of halogens is 2. The van der Waals surface area contributed by atoms with Crippen molar-refractivity contribution in [2.75, 3.05) is 18.6 Å². The molecule has 1 aromatic rings. The van der Waals surface area contributed by atoms with Crippen LogP contribution in [0.3, 0.4) is 0 Å². The highest BCUT2D eigenvalue weighted by atomic mass is 35.5. The van der Waals surface area contributed by atoms with Crippen molar-refractivity contribution < 1.29 is 9.32 Å². The highest BCUT2D eigenvalue weighted by Gasteiger charge is 2.07. The van der Waals surface area contributed by atoms with E-state index in [1.54, 1.807) is 12.3 Å². The zero-order chi connectivity index (χ0) is 12.1. The maximum Gasteiger partial charge on any atom is 0.138 e. The molecule has 0 aromatic heterocycles. The lowest BCUT2D eigenvalue weighted by atomic mass is 10.2. The van der Waals surface area contributed by atoms with Crippen molar-refractivity contribution in [2.45, 2.75) is 6.54 Å². The zero-order valence-electron chi connectivity index (χ0n) is 8.80. The highest BCUT2D eigenvalue weighted by molar-refractivity contribution is 7.84. The Labute approximate surface area is 107 Å². The van der Waals surface area contributed by atoms with E-state index in [-0.39, 0.29) is 10.8 Å². The molecule has 0 bridgehead atoms. The number of hydrogen-bond acceptors (Lipinski definition) is 3. The molecule has 0 heterocycles. The topological polar surface area (TPSA) is 49.3 Å². The third-order valence-electron chi connectivity index (χ3n) is 1.99. The average Bonchev–Trinajstić information content (AvgIpc) is 2.19. The normalized spacial score (nSPS) is 12.7. The van der Waals surface area contributed by atoms with Crippen LogP contribution in [-0.4, -0.2) is 27.9 Å². The summed E-state index contributed by atoms with van der Waals surface area (Å²) in [5.41, 5.74) is 0.638. The summed E-state index contributed by atoms with van der Waals surface area (Å²) in [6.45, 7) is 1.07. The molecule has 3 nitrogen and oxygen atoms in total. The van der Waals surface area contributed by atoms with Gasteiger partial charge in [0.25, 0.3) is 0 Å². The molecule has 0 saturated heterocycles. The summed E-state index contributed by atoms with van der Waals surface area (Å²) in [6.07, 6.45) is 1.65. The maximum atomic E-state index is 10.8. The van der Waals surface area contributed by atoms with E-state index in [4.69, 9.17) is 23.2 Å². The van der Waals surface area contributed by atoms with Crippen LogP contribution in [0.25, 0.3) is 0 Å². The van der Waals surface area contributed by atoms with E-state index in [2.05, 4.69) is 5.32 Å². The number of phenols is 1. The van der Waals surface area contributed by atoms with E-state index >= 15 is 0 Å². The monoisotopic (exact) mass is 281 g/mol. The van der Waals surface area contributed by atoms with Crippen LogP contribution in [0, 0.1) is 0 Å². The number of rotatable bonds is 5. The van der Waals surface area contributed by atoms with Crippen molar-refractivity contribution in [1.29, 1.82) is 0 Å². The van der Waals surface area contributed by atoms with Gasteiger partial charge in [0.15, 0.2) is 0 Å². The Bertz CT molecular complexity index is 399. The fourth-order valence-electron chi connectivity index (χ4n) is 1.19. The molecule has 0 radical (unpaired) electrons. The van der Waals surface area contributed by atoms with E-state index in [1.807, 2.05) is 0 Å². The fraction of sp³-hybridized carbons (Fsp3) is 0.400. The van der Waals surface area contributed by atoms with E-state index in [0.717, 1.165) is 0 Å². The molecule has 1 unspecified atom stereocenters. The molecular weight excluding hydrogens is 269 g/mol. The second-order valence-electron chi connectivity index (χ2n) is 3.35. The fourth-order valence-corrected chi connectivity index (χ4v) is 2.16. The zero-order valence-corrected chi connectivity index (χ0v) is 11.1. The molecule has 0 aliphatic carbocycles. The molecule has 0 spiro atoms. The summed E-state index contributed by atoms with van der Waals surface area (Å²) in [6, 6.07) is 3.14. The summed E-state index contributed by atoms with van der Waals surface area (Å²) >= 11 is 11.6. The van der Waals surface area contributed by atoms with Gasteiger partial charge in [0.2, 0.25) is 0 Å². The van der Waals surface area contributed by atoms with Crippen LogP contribution in [0.4, 0.5) is 0 Å². The molecule has 0 saturated carbocycles. The van der Waals surface area contributed by atoms with Gasteiger partial charge in [-0.2, -0.15) is 0 Å². The Balaban J connectivity index is 2.57. The Morgan fingerprint density at radius 3 is 2.75 bits per heavy atom. The summed E-state index contributed by atoms with van der Waals surface area (Å²) in [5.74, 6) is 0.617. The van der Waals surface area contributed by atoms with Crippen LogP contribution in [0.1, 0.15) is 5.56 Å². The van der Waals surface area contributed by atoms with Crippen molar-refractivity contribution in [1.82, 2.24) is 5.32 Å². The van der Waals surface area contributed by atoms with Crippen molar-refractivity contribution in [2.24, 2.45) is 0 Å². The van der Waals surface area contributed by atoms with Crippen LogP contribution >= 0.6 is 23.2 Å². The van der Waals surface area contributed by atoms with E-state index < -0.39 is 10.8 Å². The SMILES string of the molecule is CS(=O)CCNCc1cc(Cl)cc(Cl)c1O. The molecule has 16 heavy (non-hydrogen) atoms. The molecular formula is C10H13Cl2NO2S. The number of aromatic hydroxyl groups is 1. The Morgan fingerprint density at radius 1 is 1.44 bits per heavy atom. The van der Waals surface area contributed by atoms with E-state index in [9.17, 15) is 9.32 Å². The Hall–Kier alpha value is -0.290. The molecule has 90 valence electrons. The summed E-state index contributed by atoms with van der Waals surface area (Å²) < 4.78 is 10.8. The minimum Gasteiger partial charge on any atom is -0.506 e. The first-order valence-corrected chi connectivity index (χ1v) is 7.16. The number of nitrogens with one attached hydrogen (secondary N) is 1. The second kappa shape index (κ2) is 6.45. The maximum absolute atomic E-state index is 10.8. The predicted octanol–water partition coefficient (Wildman–Crippen LogP) is 2.17. The summed E-state index contributed by atoms with van der Waals surface area (Å²) in [7, 11) is -0.815. The van der Waals surface area contributed by atoms with Crippen LogP contribution in [-0.2, 0) is 17.3 Å². The molecule has 6 heteroatoms. The van der Waals surface area contributed by atoms with E-state index in [0.29, 0.717) is 29.4 Å². The summed E-state index contributed by atoms with van der Waals surface area (Å²) in [4.78, 5) is 0. The highest BCUT2D eigenvalue weighted by Crippen LogP contribution is 2.30. The summed E-state index contributed by atoms with van der Waals surface area (Å²) in [5, 5.41) is 13.4.